The van der Waals surface area contributed by atoms with Gasteiger partial charge in [-0.2, -0.15) is 0 Å². The fraction of sp³-hybridized carbons (Fsp3) is 0.619. The molecule has 2 N–H and O–H groups in total. The summed E-state index contributed by atoms with van der Waals surface area (Å²) in [7, 11) is 1.92. The summed E-state index contributed by atoms with van der Waals surface area (Å²) in [5, 5.41) is 5.15. The smallest absolute Gasteiger partial charge is 0.321 e. The molecule has 1 aromatic rings. The highest BCUT2D eigenvalue weighted by atomic mass is 16.2. The molecule has 6 nitrogen and oxygen atoms in total. The molecule has 1 atom stereocenters. The minimum atomic E-state index is -0.428. The van der Waals surface area contributed by atoms with Crippen LogP contribution in [0.5, 0.6) is 0 Å². The number of hydrogen-bond acceptors (Lipinski definition) is 4. The van der Waals surface area contributed by atoms with Gasteiger partial charge in [-0.25, -0.2) is 4.79 Å². The molecule has 27 heavy (non-hydrogen) atoms. The standard InChI is InChI=1S/C21H34N4O2/c1-16(2)14-22-21(27)23-20(26)17(3)24(4)15-18-10-6-7-11-19(18)25-12-8-5-9-13-25/h6-7,10-11,16-17H,5,8-9,12-15H2,1-4H3,(H2,22,23,26,27). The number of hydrogen-bond donors (Lipinski definition) is 2. The molecular weight excluding hydrogens is 340 g/mol. The van der Waals surface area contributed by atoms with Crippen LogP contribution in [0.2, 0.25) is 0 Å². The Morgan fingerprint density at radius 1 is 1.11 bits per heavy atom. The van der Waals surface area contributed by atoms with Gasteiger partial charge in [-0.15, -0.1) is 0 Å². The van der Waals surface area contributed by atoms with Crippen LogP contribution in [0.1, 0.15) is 45.6 Å². The number of nitrogens with zero attached hydrogens (tertiary/aromatic N) is 2. The largest absolute Gasteiger partial charge is 0.371 e. The van der Waals surface area contributed by atoms with Crippen molar-refractivity contribution < 1.29 is 9.59 Å². The van der Waals surface area contributed by atoms with Crippen molar-refractivity contribution in [3.63, 3.8) is 0 Å². The van der Waals surface area contributed by atoms with Crippen LogP contribution in [0.4, 0.5) is 10.5 Å². The van der Waals surface area contributed by atoms with Crippen LogP contribution >= 0.6 is 0 Å². The Morgan fingerprint density at radius 3 is 2.44 bits per heavy atom. The molecule has 1 unspecified atom stereocenters. The van der Waals surface area contributed by atoms with Gasteiger partial charge in [0.1, 0.15) is 0 Å². The van der Waals surface area contributed by atoms with Gasteiger partial charge >= 0.3 is 6.03 Å². The second kappa shape index (κ2) is 10.3. The van der Waals surface area contributed by atoms with Crippen LogP contribution < -0.4 is 15.5 Å². The number of rotatable bonds is 7. The van der Waals surface area contributed by atoms with E-state index < -0.39 is 12.1 Å². The second-order valence-electron chi connectivity index (χ2n) is 7.86. The monoisotopic (exact) mass is 374 g/mol. The molecule has 1 aliphatic rings. The highest BCUT2D eigenvalue weighted by Crippen LogP contribution is 2.25. The lowest BCUT2D eigenvalue weighted by Gasteiger charge is -2.32. The zero-order valence-electron chi connectivity index (χ0n) is 17.1. The molecule has 0 bridgehead atoms. The summed E-state index contributed by atoms with van der Waals surface area (Å²) in [6.07, 6.45) is 3.76. The van der Waals surface area contributed by atoms with Gasteiger partial charge in [0, 0.05) is 31.9 Å². The van der Waals surface area contributed by atoms with E-state index in [1.807, 2.05) is 38.8 Å². The van der Waals surface area contributed by atoms with E-state index >= 15 is 0 Å². The van der Waals surface area contributed by atoms with Crippen molar-refractivity contribution in [2.45, 2.75) is 52.6 Å². The van der Waals surface area contributed by atoms with E-state index in [2.05, 4.69) is 33.7 Å². The second-order valence-corrected chi connectivity index (χ2v) is 7.86. The molecule has 0 aromatic heterocycles. The lowest BCUT2D eigenvalue weighted by atomic mass is 10.1. The van der Waals surface area contributed by atoms with Crippen molar-refractivity contribution >= 4 is 17.6 Å². The summed E-state index contributed by atoms with van der Waals surface area (Å²) < 4.78 is 0. The number of amides is 3. The first kappa shape index (κ1) is 21.2. The van der Waals surface area contributed by atoms with Crippen molar-refractivity contribution in [2.24, 2.45) is 5.92 Å². The highest BCUT2D eigenvalue weighted by Gasteiger charge is 2.22. The first-order valence-electron chi connectivity index (χ1n) is 10.00. The first-order valence-corrected chi connectivity index (χ1v) is 10.00. The number of benzene rings is 1. The van der Waals surface area contributed by atoms with E-state index in [0.29, 0.717) is 19.0 Å². The van der Waals surface area contributed by atoms with Gasteiger partial charge in [-0.1, -0.05) is 32.0 Å². The molecule has 2 rings (SSSR count). The number of para-hydroxylation sites is 1. The van der Waals surface area contributed by atoms with E-state index in [4.69, 9.17) is 0 Å². The van der Waals surface area contributed by atoms with E-state index in [1.54, 1.807) is 0 Å². The van der Waals surface area contributed by atoms with Gasteiger partial charge in [0.05, 0.1) is 6.04 Å². The fourth-order valence-electron chi connectivity index (χ4n) is 3.25. The molecule has 1 aromatic carbocycles. The molecule has 0 aliphatic carbocycles. The zero-order chi connectivity index (χ0) is 19.8. The zero-order valence-corrected chi connectivity index (χ0v) is 17.1. The summed E-state index contributed by atoms with van der Waals surface area (Å²) in [6, 6.07) is 7.58. The SMILES string of the molecule is CC(C)CNC(=O)NC(=O)C(C)N(C)Cc1ccccc1N1CCCCC1. The van der Waals surface area contributed by atoms with E-state index in [9.17, 15) is 9.59 Å². The van der Waals surface area contributed by atoms with Gasteiger partial charge < -0.3 is 10.2 Å². The maximum Gasteiger partial charge on any atom is 0.321 e. The molecule has 150 valence electrons. The van der Waals surface area contributed by atoms with Gasteiger partial charge in [-0.05, 0) is 50.8 Å². The number of urea groups is 1. The minimum Gasteiger partial charge on any atom is -0.371 e. The Morgan fingerprint density at radius 2 is 1.78 bits per heavy atom. The van der Waals surface area contributed by atoms with Gasteiger partial charge in [0.25, 0.3) is 0 Å². The minimum absolute atomic E-state index is 0.283. The number of likely N-dealkylation sites (N-methyl/N-ethyl adjacent to an activating group) is 1. The summed E-state index contributed by atoms with van der Waals surface area (Å²) in [6.45, 7) is 9.24. The van der Waals surface area contributed by atoms with Gasteiger partial charge in [0.2, 0.25) is 5.91 Å². The Labute approximate surface area is 163 Å². The summed E-state index contributed by atoms with van der Waals surface area (Å²) >= 11 is 0. The summed E-state index contributed by atoms with van der Waals surface area (Å²) in [4.78, 5) is 28.6. The quantitative estimate of drug-likeness (QED) is 0.770. The topological polar surface area (TPSA) is 64.7 Å². The van der Waals surface area contributed by atoms with E-state index in [-0.39, 0.29) is 5.91 Å². The Hall–Kier alpha value is -2.08. The third-order valence-electron chi connectivity index (χ3n) is 5.06. The Kier molecular flexibility index (Phi) is 8.10. The maximum atomic E-state index is 12.4. The molecule has 1 aliphatic heterocycles. The number of carbonyl (C=O) groups is 2. The number of piperidine rings is 1. The van der Waals surface area contributed by atoms with Crippen LogP contribution in [0.25, 0.3) is 0 Å². The third-order valence-corrected chi connectivity index (χ3v) is 5.06. The molecule has 0 spiro atoms. The molecule has 1 heterocycles. The maximum absolute atomic E-state index is 12.4. The fourth-order valence-corrected chi connectivity index (χ4v) is 3.25. The Balaban J connectivity index is 1.94. The number of carbonyl (C=O) groups excluding carboxylic acids is 2. The van der Waals surface area contributed by atoms with Crippen LogP contribution in [0, 0.1) is 5.92 Å². The van der Waals surface area contributed by atoms with Crippen LogP contribution in [-0.2, 0) is 11.3 Å². The van der Waals surface area contributed by atoms with Crippen molar-refractivity contribution in [2.75, 3.05) is 31.6 Å². The summed E-state index contributed by atoms with van der Waals surface area (Å²) in [5.74, 6) is 0.0615. The summed E-state index contributed by atoms with van der Waals surface area (Å²) in [5.41, 5.74) is 2.47. The lowest BCUT2D eigenvalue weighted by molar-refractivity contribution is -0.124. The van der Waals surface area contributed by atoms with E-state index in [0.717, 1.165) is 13.1 Å². The van der Waals surface area contributed by atoms with Crippen molar-refractivity contribution in [1.82, 2.24) is 15.5 Å². The molecule has 3 amide bonds. The average molecular weight is 375 g/mol. The number of anilines is 1. The van der Waals surface area contributed by atoms with Crippen LogP contribution in [0.3, 0.4) is 0 Å². The Bertz CT molecular complexity index is 626. The molecule has 0 saturated carbocycles. The first-order chi connectivity index (χ1) is 12.9. The van der Waals surface area contributed by atoms with Gasteiger partial charge in [-0.3, -0.25) is 15.0 Å². The normalized spacial score (nSPS) is 15.7. The van der Waals surface area contributed by atoms with Crippen LogP contribution in [-0.4, -0.2) is 49.6 Å². The van der Waals surface area contributed by atoms with Crippen molar-refractivity contribution in [1.29, 1.82) is 0 Å². The number of imide groups is 1. The van der Waals surface area contributed by atoms with Gasteiger partial charge in [0.15, 0.2) is 0 Å². The van der Waals surface area contributed by atoms with Crippen LogP contribution in [0.15, 0.2) is 24.3 Å². The van der Waals surface area contributed by atoms with Crippen molar-refractivity contribution in [3.8, 4) is 0 Å². The predicted molar refractivity (Wildman–Crippen MR) is 110 cm³/mol. The number of nitrogens with one attached hydrogen (secondary N) is 2. The molecular formula is C21H34N4O2. The average Bonchev–Trinajstić information content (AvgIpc) is 2.66. The van der Waals surface area contributed by atoms with Crippen molar-refractivity contribution in [3.05, 3.63) is 29.8 Å². The molecule has 6 heteroatoms. The molecule has 1 fully saturated rings. The molecule has 1 saturated heterocycles. The third kappa shape index (κ3) is 6.54. The highest BCUT2D eigenvalue weighted by molar-refractivity contribution is 5.96. The van der Waals surface area contributed by atoms with E-state index in [1.165, 1.54) is 30.5 Å². The molecule has 0 radical (unpaired) electrons. The predicted octanol–water partition coefficient (Wildman–Crippen LogP) is 2.98. The lowest BCUT2D eigenvalue weighted by Crippen LogP contribution is -2.49.